The number of sulfonamides is 1. The van der Waals surface area contributed by atoms with Gasteiger partial charge in [-0.2, -0.15) is 0 Å². The first-order chi connectivity index (χ1) is 15.5. The van der Waals surface area contributed by atoms with E-state index in [0.29, 0.717) is 35.8 Å². The normalized spacial score (nSPS) is 16.8. The molecule has 0 spiro atoms. The Morgan fingerprint density at radius 2 is 1.91 bits per heavy atom. The highest BCUT2D eigenvalue weighted by atomic mass is 32.2. The molecule has 8 nitrogen and oxygen atoms in total. The van der Waals surface area contributed by atoms with Crippen LogP contribution in [0.15, 0.2) is 42.5 Å². The zero-order chi connectivity index (χ0) is 24.2. The van der Waals surface area contributed by atoms with E-state index < -0.39 is 15.6 Å². The van der Waals surface area contributed by atoms with E-state index in [1.165, 1.54) is 11.4 Å². The smallest absolute Gasteiger partial charge is 0.232 e. The van der Waals surface area contributed by atoms with Gasteiger partial charge in [-0.3, -0.25) is 9.10 Å². The summed E-state index contributed by atoms with van der Waals surface area (Å²) in [5.74, 6) is 1.70. The van der Waals surface area contributed by atoms with Crippen LogP contribution in [0.5, 0.6) is 17.2 Å². The van der Waals surface area contributed by atoms with Crippen molar-refractivity contribution in [3.8, 4) is 17.2 Å². The fourth-order valence-corrected chi connectivity index (χ4v) is 5.01. The van der Waals surface area contributed by atoms with Crippen LogP contribution < -0.4 is 23.8 Å². The molecule has 3 rings (SSSR count). The number of nitrogens with zero attached hydrogens (tertiary/aromatic N) is 1. The van der Waals surface area contributed by atoms with E-state index in [0.717, 1.165) is 11.8 Å². The molecule has 2 aromatic rings. The highest BCUT2D eigenvalue weighted by molar-refractivity contribution is 7.92. The third-order valence-corrected chi connectivity index (χ3v) is 6.71. The molecule has 0 bridgehead atoms. The maximum Gasteiger partial charge on any atom is 0.232 e. The minimum absolute atomic E-state index is 0.145. The fourth-order valence-electron chi connectivity index (χ4n) is 4.04. The van der Waals surface area contributed by atoms with Crippen LogP contribution in [0.2, 0.25) is 0 Å². The summed E-state index contributed by atoms with van der Waals surface area (Å²) in [5, 5.41) is 3.09. The van der Waals surface area contributed by atoms with Gasteiger partial charge in [-0.05, 0) is 44.5 Å². The van der Waals surface area contributed by atoms with Gasteiger partial charge in [0, 0.05) is 31.0 Å². The number of fused-ring (bicyclic) bond motifs is 1. The van der Waals surface area contributed by atoms with Crippen LogP contribution in [-0.4, -0.2) is 46.9 Å². The van der Waals surface area contributed by atoms with Crippen molar-refractivity contribution in [1.82, 2.24) is 5.32 Å². The summed E-state index contributed by atoms with van der Waals surface area (Å²) < 4.78 is 42.8. The minimum Gasteiger partial charge on any atom is -0.497 e. The Morgan fingerprint density at radius 1 is 1.18 bits per heavy atom. The zero-order valence-corrected chi connectivity index (χ0v) is 20.6. The Hall–Kier alpha value is -2.94. The molecule has 0 aromatic heterocycles. The van der Waals surface area contributed by atoms with Crippen LogP contribution >= 0.6 is 0 Å². The number of benzene rings is 2. The van der Waals surface area contributed by atoms with Crippen LogP contribution in [-0.2, 0) is 14.8 Å². The largest absolute Gasteiger partial charge is 0.497 e. The lowest BCUT2D eigenvalue weighted by Gasteiger charge is -2.38. The van der Waals surface area contributed by atoms with Gasteiger partial charge in [-0.25, -0.2) is 8.42 Å². The van der Waals surface area contributed by atoms with Crippen molar-refractivity contribution in [2.24, 2.45) is 0 Å². The second kappa shape index (κ2) is 9.91. The van der Waals surface area contributed by atoms with E-state index >= 15 is 0 Å². The van der Waals surface area contributed by atoms with Gasteiger partial charge in [0.15, 0.2) is 0 Å². The lowest BCUT2D eigenvalue weighted by molar-refractivity contribution is -0.122. The summed E-state index contributed by atoms with van der Waals surface area (Å²) >= 11 is 0. The summed E-state index contributed by atoms with van der Waals surface area (Å²) in [6.07, 6.45) is 2.31. The molecule has 0 radical (unpaired) electrons. The molecule has 1 N–H and O–H groups in total. The van der Waals surface area contributed by atoms with Gasteiger partial charge < -0.3 is 19.5 Å². The van der Waals surface area contributed by atoms with Gasteiger partial charge in [-0.15, -0.1) is 0 Å². The summed E-state index contributed by atoms with van der Waals surface area (Å²) in [5.41, 5.74) is 0.904. The molecule has 180 valence electrons. The monoisotopic (exact) mass is 476 g/mol. The number of hydrogen-bond acceptors (Lipinski definition) is 6. The Balaban J connectivity index is 1.67. The standard InChI is InChI=1S/C24H32N2O6S/c1-24(2)16-19(18-13-12-17(30-3)15-22(18)32-24)25-23(27)11-8-14-26(33(5,28)29)20-9-6-7-10-21(20)31-4/h6-7,9-10,12-13,15,19H,8,11,14,16H2,1-5H3,(H,25,27). The van der Waals surface area contributed by atoms with E-state index in [2.05, 4.69) is 5.32 Å². The number of para-hydroxylation sites is 2. The second-order valence-electron chi connectivity index (χ2n) is 8.70. The third kappa shape index (κ3) is 6.10. The number of anilines is 1. The van der Waals surface area contributed by atoms with Crippen LogP contribution in [0.1, 0.15) is 44.7 Å². The zero-order valence-electron chi connectivity index (χ0n) is 19.8. The Morgan fingerprint density at radius 3 is 2.58 bits per heavy atom. The van der Waals surface area contributed by atoms with Gasteiger partial charge in [0.2, 0.25) is 15.9 Å². The molecule has 1 heterocycles. The Bertz CT molecular complexity index is 1100. The molecule has 0 fully saturated rings. The van der Waals surface area contributed by atoms with Gasteiger partial charge in [0.1, 0.15) is 22.8 Å². The topological polar surface area (TPSA) is 94.2 Å². The van der Waals surface area contributed by atoms with Crippen LogP contribution in [0.3, 0.4) is 0 Å². The van der Waals surface area contributed by atoms with Crippen molar-refractivity contribution in [3.63, 3.8) is 0 Å². The Labute approximate surface area is 195 Å². The molecule has 0 aliphatic carbocycles. The van der Waals surface area contributed by atoms with Gasteiger partial charge >= 0.3 is 0 Å². The average molecular weight is 477 g/mol. The molecule has 33 heavy (non-hydrogen) atoms. The van der Waals surface area contributed by atoms with Crippen molar-refractivity contribution in [1.29, 1.82) is 0 Å². The van der Waals surface area contributed by atoms with E-state index in [1.54, 1.807) is 31.4 Å². The molecule has 1 unspecified atom stereocenters. The van der Waals surface area contributed by atoms with Crippen molar-refractivity contribution >= 4 is 21.6 Å². The van der Waals surface area contributed by atoms with Gasteiger partial charge in [0.25, 0.3) is 0 Å². The maximum atomic E-state index is 12.8. The van der Waals surface area contributed by atoms with Crippen LogP contribution in [0.25, 0.3) is 0 Å². The molecule has 0 saturated carbocycles. The second-order valence-corrected chi connectivity index (χ2v) is 10.6. The first kappa shape index (κ1) is 24.7. The molecule has 1 aliphatic heterocycles. The lowest BCUT2D eigenvalue weighted by atomic mass is 9.89. The molecule has 2 aromatic carbocycles. The van der Waals surface area contributed by atoms with E-state index in [9.17, 15) is 13.2 Å². The number of carbonyl (C=O) groups excluding carboxylic acids is 1. The summed E-state index contributed by atoms with van der Waals surface area (Å²) in [7, 11) is -0.452. The van der Waals surface area contributed by atoms with E-state index in [-0.39, 0.29) is 24.9 Å². The molecular weight excluding hydrogens is 444 g/mol. The first-order valence-electron chi connectivity index (χ1n) is 10.8. The number of methoxy groups -OCH3 is 2. The molecule has 1 amide bonds. The predicted octanol–water partition coefficient (Wildman–Crippen LogP) is 3.67. The summed E-state index contributed by atoms with van der Waals surface area (Å²) in [6, 6.07) is 12.3. The molecule has 0 saturated heterocycles. The summed E-state index contributed by atoms with van der Waals surface area (Å²) in [6.45, 7) is 4.12. The quantitative estimate of drug-likeness (QED) is 0.594. The number of carbonyl (C=O) groups is 1. The first-order valence-corrected chi connectivity index (χ1v) is 12.7. The SMILES string of the molecule is COc1ccc2c(c1)OC(C)(C)CC2NC(=O)CCCN(c1ccccc1OC)S(C)(=O)=O. The predicted molar refractivity (Wildman–Crippen MR) is 128 cm³/mol. The number of amides is 1. The molecule has 9 heteroatoms. The van der Waals surface area contributed by atoms with Crippen molar-refractivity contribution < 1.29 is 27.4 Å². The number of rotatable bonds is 9. The lowest BCUT2D eigenvalue weighted by Crippen LogP contribution is -2.41. The number of hydrogen-bond donors (Lipinski definition) is 1. The van der Waals surface area contributed by atoms with E-state index in [4.69, 9.17) is 14.2 Å². The van der Waals surface area contributed by atoms with Crippen molar-refractivity contribution in [3.05, 3.63) is 48.0 Å². The van der Waals surface area contributed by atoms with E-state index in [1.807, 2.05) is 32.0 Å². The highest BCUT2D eigenvalue weighted by Crippen LogP contribution is 2.41. The summed E-state index contributed by atoms with van der Waals surface area (Å²) in [4.78, 5) is 12.8. The number of nitrogens with one attached hydrogen (secondary N) is 1. The average Bonchev–Trinajstić information content (AvgIpc) is 2.74. The highest BCUT2D eigenvalue weighted by Gasteiger charge is 2.34. The number of ether oxygens (including phenoxy) is 3. The van der Waals surface area contributed by atoms with Crippen molar-refractivity contribution in [2.45, 2.75) is 44.8 Å². The van der Waals surface area contributed by atoms with Crippen LogP contribution in [0, 0.1) is 0 Å². The molecule has 1 atom stereocenters. The Kier molecular flexibility index (Phi) is 7.41. The molecular formula is C24H32N2O6S. The minimum atomic E-state index is -3.54. The fraction of sp³-hybridized carbons (Fsp3) is 0.458. The van der Waals surface area contributed by atoms with Gasteiger partial charge in [0.05, 0.1) is 32.2 Å². The van der Waals surface area contributed by atoms with Gasteiger partial charge in [-0.1, -0.05) is 12.1 Å². The maximum absolute atomic E-state index is 12.8. The van der Waals surface area contributed by atoms with Crippen LogP contribution in [0.4, 0.5) is 5.69 Å². The molecule has 1 aliphatic rings. The van der Waals surface area contributed by atoms with Crippen molar-refractivity contribution in [2.75, 3.05) is 31.3 Å². The third-order valence-electron chi connectivity index (χ3n) is 5.53.